The van der Waals surface area contributed by atoms with E-state index in [0.29, 0.717) is 12.1 Å². The van der Waals surface area contributed by atoms with E-state index >= 15 is 0 Å². The number of nitrogens with one attached hydrogen (secondary N) is 3. The number of aliphatic hydroxyl groups is 1. The number of rotatable bonds is 8. The largest absolute Gasteiger partial charge is 0.393 e. The molecule has 5 rings (SSSR count). The van der Waals surface area contributed by atoms with Gasteiger partial charge in [-0.25, -0.2) is 0 Å². The highest BCUT2D eigenvalue weighted by Crippen LogP contribution is 2.39. The van der Waals surface area contributed by atoms with Crippen LogP contribution in [0.1, 0.15) is 75.6 Å². The minimum atomic E-state index is -0.152. The fourth-order valence-corrected chi connectivity index (χ4v) is 5.73. The van der Waals surface area contributed by atoms with Crippen LogP contribution < -0.4 is 16.0 Å². The molecule has 0 spiro atoms. The van der Waals surface area contributed by atoms with Crippen LogP contribution in [0.5, 0.6) is 0 Å². The number of aliphatic imine (C=N–C) groups is 1. The van der Waals surface area contributed by atoms with Gasteiger partial charge in [0.15, 0.2) is 6.29 Å². The summed E-state index contributed by atoms with van der Waals surface area (Å²) in [5.41, 5.74) is 5.01. The molecule has 2 fully saturated rings. The van der Waals surface area contributed by atoms with Gasteiger partial charge in [0.05, 0.1) is 6.10 Å². The van der Waals surface area contributed by atoms with Gasteiger partial charge in [0.25, 0.3) is 0 Å². The standard InChI is InChI=1S/C28H42N6O.ClH/c1-3-4-13-30-28-31-18-25-26(19-34(27(25)32-28)23-9-11-24(35)12-10-23)22-7-5-21(6-8-22)20(2)33-16-14-29-15-17-33;/h5-8,18-20,23-24,28-30,32,35H,3-4,9-17H2,1-2H3;1H/t20?,23-,24-,28?;. The Morgan fingerprint density at radius 2 is 1.83 bits per heavy atom. The summed E-state index contributed by atoms with van der Waals surface area (Å²) >= 11 is 0. The van der Waals surface area contributed by atoms with E-state index in [1.165, 1.54) is 28.7 Å². The van der Waals surface area contributed by atoms with Crippen molar-refractivity contribution in [3.8, 4) is 11.1 Å². The van der Waals surface area contributed by atoms with Crippen molar-refractivity contribution < 1.29 is 5.11 Å². The number of aliphatic hydroxyl groups excluding tert-OH is 1. The summed E-state index contributed by atoms with van der Waals surface area (Å²) in [5.74, 6) is 1.16. The zero-order chi connectivity index (χ0) is 24.2. The van der Waals surface area contributed by atoms with Crippen molar-refractivity contribution in [1.29, 1.82) is 0 Å². The van der Waals surface area contributed by atoms with Crippen LogP contribution in [-0.2, 0) is 0 Å². The Kier molecular flexibility index (Phi) is 9.47. The Balaban J connectivity index is 0.00000304. The quantitative estimate of drug-likeness (QED) is 0.389. The third kappa shape index (κ3) is 5.97. The van der Waals surface area contributed by atoms with Gasteiger partial charge < -0.3 is 20.3 Å². The molecule has 0 radical (unpaired) electrons. The minimum absolute atomic E-state index is 0. The highest BCUT2D eigenvalue weighted by molar-refractivity contribution is 5.98. The number of benzene rings is 1. The number of hydrogen-bond acceptors (Lipinski definition) is 6. The van der Waals surface area contributed by atoms with Crippen molar-refractivity contribution >= 4 is 24.4 Å². The van der Waals surface area contributed by atoms with Crippen LogP contribution in [0.4, 0.5) is 5.82 Å². The van der Waals surface area contributed by atoms with Crippen LogP contribution in [0.25, 0.3) is 11.1 Å². The summed E-state index contributed by atoms with van der Waals surface area (Å²) in [4.78, 5) is 7.35. The number of nitrogens with zero attached hydrogens (tertiary/aromatic N) is 3. The Morgan fingerprint density at radius 3 is 2.53 bits per heavy atom. The van der Waals surface area contributed by atoms with Gasteiger partial charge in [0, 0.05) is 61.8 Å². The van der Waals surface area contributed by atoms with Gasteiger partial charge >= 0.3 is 0 Å². The fourth-order valence-electron chi connectivity index (χ4n) is 5.73. The van der Waals surface area contributed by atoms with Gasteiger partial charge in [0.2, 0.25) is 0 Å². The van der Waals surface area contributed by atoms with Gasteiger partial charge in [0.1, 0.15) is 5.82 Å². The topological polar surface area (TPSA) is 76.9 Å². The van der Waals surface area contributed by atoms with E-state index in [9.17, 15) is 5.11 Å². The van der Waals surface area contributed by atoms with Crippen molar-refractivity contribution in [3.05, 3.63) is 41.6 Å². The van der Waals surface area contributed by atoms with E-state index in [0.717, 1.165) is 70.6 Å². The molecule has 4 N–H and O–H groups in total. The lowest BCUT2D eigenvalue weighted by Crippen LogP contribution is -2.44. The first-order valence-electron chi connectivity index (χ1n) is 13.6. The molecule has 198 valence electrons. The van der Waals surface area contributed by atoms with Gasteiger partial charge in [-0.1, -0.05) is 37.6 Å². The average molecular weight is 515 g/mol. The SMILES string of the molecule is CCCCNC1N=Cc2c(-c3ccc(C(C)N4CCNCC4)cc3)cn([C@H]3CC[C@H](O)CC3)c2N1.Cl. The first-order chi connectivity index (χ1) is 17.1. The average Bonchev–Trinajstić information content (AvgIpc) is 3.28. The molecule has 1 saturated carbocycles. The summed E-state index contributed by atoms with van der Waals surface area (Å²) in [6.07, 6.45) is 10.2. The molecule has 3 aliphatic rings. The Labute approximate surface area is 222 Å². The van der Waals surface area contributed by atoms with Crippen LogP contribution in [0.3, 0.4) is 0 Å². The molecule has 1 aliphatic carbocycles. The zero-order valence-corrected chi connectivity index (χ0v) is 22.6. The molecule has 8 heteroatoms. The molecule has 0 amide bonds. The van der Waals surface area contributed by atoms with Gasteiger partial charge in [-0.2, -0.15) is 0 Å². The second kappa shape index (κ2) is 12.6. The molecular formula is C28H43ClN6O. The molecule has 36 heavy (non-hydrogen) atoms. The molecule has 3 heterocycles. The second-order valence-corrected chi connectivity index (χ2v) is 10.4. The molecule has 2 aromatic rings. The maximum atomic E-state index is 10.1. The predicted molar refractivity (Wildman–Crippen MR) is 151 cm³/mol. The van der Waals surface area contributed by atoms with Gasteiger partial charge in [-0.15, -0.1) is 12.4 Å². The lowest BCUT2D eigenvalue weighted by molar-refractivity contribution is 0.111. The molecule has 1 aromatic heterocycles. The number of halogens is 1. The first kappa shape index (κ1) is 27.1. The molecule has 1 saturated heterocycles. The zero-order valence-electron chi connectivity index (χ0n) is 21.7. The van der Waals surface area contributed by atoms with E-state index in [4.69, 9.17) is 4.99 Å². The van der Waals surface area contributed by atoms with Crippen LogP contribution in [0.15, 0.2) is 35.5 Å². The van der Waals surface area contributed by atoms with E-state index < -0.39 is 0 Å². The number of aromatic nitrogens is 1. The third-order valence-corrected chi connectivity index (χ3v) is 8.03. The molecule has 2 atom stereocenters. The van der Waals surface area contributed by atoms with Crippen molar-refractivity contribution in [2.45, 2.75) is 76.8 Å². The maximum Gasteiger partial charge on any atom is 0.174 e. The highest BCUT2D eigenvalue weighted by Gasteiger charge is 2.28. The molecule has 1 aromatic carbocycles. The van der Waals surface area contributed by atoms with Crippen LogP contribution in [0.2, 0.25) is 0 Å². The van der Waals surface area contributed by atoms with E-state index in [2.05, 4.69) is 75.9 Å². The number of anilines is 1. The number of unbranched alkanes of at least 4 members (excludes halogenated alkanes) is 1. The van der Waals surface area contributed by atoms with Crippen LogP contribution in [0, 0.1) is 0 Å². The monoisotopic (exact) mass is 514 g/mol. The first-order valence-corrected chi connectivity index (χ1v) is 13.6. The minimum Gasteiger partial charge on any atom is -0.393 e. The van der Waals surface area contributed by atoms with Gasteiger partial charge in [-0.05, 0) is 56.7 Å². The molecule has 2 unspecified atom stereocenters. The fraction of sp³-hybridized carbons (Fsp3) is 0.607. The van der Waals surface area contributed by atoms with Crippen molar-refractivity contribution in [2.24, 2.45) is 4.99 Å². The van der Waals surface area contributed by atoms with Crippen molar-refractivity contribution in [3.63, 3.8) is 0 Å². The lowest BCUT2D eigenvalue weighted by Gasteiger charge is -2.33. The molecular weight excluding hydrogens is 472 g/mol. The number of hydrogen-bond donors (Lipinski definition) is 4. The second-order valence-electron chi connectivity index (χ2n) is 10.4. The summed E-state index contributed by atoms with van der Waals surface area (Å²) in [6, 6.07) is 9.98. The van der Waals surface area contributed by atoms with Crippen LogP contribution in [-0.4, -0.2) is 65.9 Å². The number of piperazine rings is 1. The van der Waals surface area contributed by atoms with Crippen molar-refractivity contribution in [1.82, 2.24) is 20.1 Å². The highest BCUT2D eigenvalue weighted by atomic mass is 35.5. The summed E-state index contributed by atoms with van der Waals surface area (Å²) < 4.78 is 2.42. The van der Waals surface area contributed by atoms with E-state index in [1.54, 1.807) is 0 Å². The Hall–Kier alpha value is -1.90. The lowest BCUT2D eigenvalue weighted by atomic mass is 9.93. The Morgan fingerprint density at radius 1 is 1.11 bits per heavy atom. The summed E-state index contributed by atoms with van der Waals surface area (Å²) in [5, 5.41) is 20.7. The van der Waals surface area contributed by atoms with E-state index in [-0.39, 0.29) is 24.8 Å². The smallest absolute Gasteiger partial charge is 0.174 e. The van der Waals surface area contributed by atoms with Crippen molar-refractivity contribution in [2.75, 3.05) is 38.0 Å². The Bertz CT molecular complexity index is 992. The third-order valence-electron chi connectivity index (χ3n) is 8.03. The molecule has 7 nitrogen and oxygen atoms in total. The van der Waals surface area contributed by atoms with E-state index in [1.807, 2.05) is 0 Å². The molecule has 2 aliphatic heterocycles. The van der Waals surface area contributed by atoms with Crippen LogP contribution >= 0.6 is 12.4 Å². The summed E-state index contributed by atoms with van der Waals surface area (Å²) in [6.45, 7) is 9.83. The molecule has 0 bridgehead atoms. The predicted octanol–water partition coefficient (Wildman–Crippen LogP) is 4.54. The summed E-state index contributed by atoms with van der Waals surface area (Å²) in [7, 11) is 0. The van der Waals surface area contributed by atoms with Gasteiger partial charge in [-0.3, -0.25) is 15.2 Å². The maximum absolute atomic E-state index is 10.1. The normalized spacial score (nSPS) is 25.0. The number of fused-ring (bicyclic) bond motifs is 1.